The Labute approximate surface area is 76.5 Å². The van der Waals surface area contributed by atoms with E-state index in [2.05, 4.69) is 17.9 Å². The van der Waals surface area contributed by atoms with E-state index in [1.165, 1.54) is 6.92 Å². The Kier molecular flexibility index (Phi) is 9.09. The Morgan fingerprint density at radius 3 is 2.08 bits per heavy atom. The molecule has 0 aliphatic heterocycles. The Bertz CT molecular complexity index is 198. The number of carboxylic acids is 1. The molecule has 74 valence electrons. The smallest absolute Gasteiger partial charge is 0.331 e. The number of carbonyl (C=O) groups is 2. The predicted octanol–water partition coefficient (Wildman–Crippen LogP) is 0.279. The summed E-state index contributed by atoms with van der Waals surface area (Å²) < 4.78 is 4.21. The zero-order chi connectivity index (χ0) is 10.9. The number of hydrogen-bond donors (Lipinski definition) is 2. The molecule has 0 rings (SSSR count). The van der Waals surface area contributed by atoms with Crippen molar-refractivity contribution in [3.8, 4) is 0 Å². The van der Waals surface area contributed by atoms with E-state index in [1.54, 1.807) is 0 Å². The van der Waals surface area contributed by atoms with Crippen molar-refractivity contribution in [2.75, 3.05) is 6.73 Å². The highest BCUT2D eigenvalue weighted by molar-refractivity contribution is 5.84. The molecular weight excluding hydrogens is 174 g/mol. The van der Waals surface area contributed by atoms with Gasteiger partial charge in [-0.25, -0.2) is 9.59 Å². The average Bonchev–Trinajstić information content (AvgIpc) is 2.05. The molecule has 0 saturated heterocycles. The van der Waals surface area contributed by atoms with Crippen LogP contribution in [-0.2, 0) is 14.3 Å². The summed E-state index contributed by atoms with van der Waals surface area (Å²) in [7, 11) is 0. The van der Waals surface area contributed by atoms with Crippen molar-refractivity contribution in [3.05, 3.63) is 24.8 Å². The first-order valence-corrected chi connectivity index (χ1v) is 3.33. The normalized spacial score (nSPS) is 7.54. The van der Waals surface area contributed by atoms with E-state index in [0.29, 0.717) is 0 Å². The molecule has 0 aromatic rings. The van der Waals surface area contributed by atoms with Crippen LogP contribution in [0.5, 0.6) is 0 Å². The van der Waals surface area contributed by atoms with Crippen molar-refractivity contribution in [3.63, 3.8) is 0 Å². The van der Waals surface area contributed by atoms with Crippen molar-refractivity contribution in [1.29, 1.82) is 0 Å². The zero-order valence-electron chi connectivity index (χ0n) is 7.45. The second-order valence-electron chi connectivity index (χ2n) is 1.92. The van der Waals surface area contributed by atoms with Crippen molar-refractivity contribution in [2.45, 2.75) is 6.92 Å². The van der Waals surface area contributed by atoms with Gasteiger partial charge < -0.3 is 9.84 Å². The Balaban J connectivity index is 0. The van der Waals surface area contributed by atoms with Gasteiger partial charge in [-0.2, -0.15) is 0 Å². The van der Waals surface area contributed by atoms with Crippen LogP contribution >= 0.6 is 0 Å². The minimum atomic E-state index is -0.935. The van der Waals surface area contributed by atoms with E-state index in [-0.39, 0.29) is 12.3 Å². The highest BCUT2D eigenvalue weighted by atomic mass is 16.5. The van der Waals surface area contributed by atoms with Crippen LogP contribution < -0.4 is 5.73 Å². The molecule has 0 aliphatic carbocycles. The quantitative estimate of drug-likeness (QED) is 0.376. The van der Waals surface area contributed by atoms with Crippen LogP contribution in [0, 0.1) is 0 Å². The third kappa shape index (κ3) is 13.4. The summed E-state index contributed by atoms with van der Waals surface area (Å²) in [6, 6.07) is 0. The van der Waals surface area contributed by atoms with E-state index in [4.69, 9.17) is 10.8 Å². The maximum absolute atomic E-state index is 9.99. The minimum absolute atomic E-state index is 0.0785. The van der Waals surface area contributed by atoms with E-state index in [1.807, 2.05) is 0 Å². The molecule has 0 saturated carbocycles. The Morgan fingerprint density at radius 1 is 1.62 bits per heavy atom. The van der Waals surface area contributed by atoms with Gasteiger partial charge >= 0.3 is 11.9 Å². The molecule has 0 aromatic heterocycles. The molecule has 0 aliphatic rings. The van der Waals surface area contributed by atoms with Gasteiger partial charge in [0.05, 0.1) is 0 Å². The number of esters is 1. The molecule has 0 spiro atoms. The maximum Gasteiger partial charge on any atom is 0.331 e. The topological polar surface area (TPSA) is 89.6 Å². The summed E-state index contributed by atoms with van der Waals surface area (Å²) in [5.41, 5.74) is 4.99. The van der Waals surface area contributed by atoms with Crippen LogP contribution in [-0.4, -0.2) is 23.8 Å². The second-order valence-corrected chi connectivity index (χ2v) is 1.92. The van der Waals surface area contributed by atoms with Crippen LogP contribution in [0.3, 0.4) is 0 Å². The highest BCUT2D eigenvalue weighted by Crippen LogP contribution is 1.81. The lowest BCUT2D eigenvalue weighted by molar-refractivity contribution is -0.137. The molecule has 13 heavy (non-hydrogen) atoms. The Morgan fingerprint density at radius 2 is 2.00 bits per heavy atom. The minimum Gasteiger partial charge on any atom is -0.478 e. The molecule has 0 bridgehead atoms. The molecule has 0 aromatic carbocycles. The van der Waals surface area contributed by atoms with Gasteiger partial charge in [0.2, 0.25) is 0 Å². The first-order chi connectivity index (χ1) is 5.95. The van der Waals surface area contributed by atoms with E-state index < -0.39 is 11.9 Å². The largest absolute Gasteiger partial charge is 0.478 e. The molecule has 0 atom stereocenters. The summed E-state index contributed by atoms with van der Waals surface area (Å²) in [4.78, 5) is 19.6. The van der Waals surface area contributed by atoms with Crippen LogP contribution in [0.1, 0.15) is 6.92 Å². The van der Waals surface area contributed by atoms with Crippen molar-refractivity contribution in [2.24, 2.45) is 5.73 Å². The third-order valence-electron chi connectivity index (χ3n) is 0.757. The van der Waals surface area contributed by atoms with Crippen molar-refractivity contribution < 1.29 is 19.4 Å². The van der Waals surface area contributed by atoms with Crippen LogP contribution in [0.4, 0.5) is 0 Å². The van der Waals surface area contributed by atoms with Crippen LogP contribution in [0.15, 0.2) is 24.8 Å². The summed E-state index contributed by atoms with van der Waals surface area (Å²) in [5.74, 6) is -1.42. The molecular formula is C8H13NO4. The van der Waals surface area contributed by atoms with Gasteiger partial charge in [-0.1, -0.05) is 13.2 Å². The standard InChI is InChI=1S/C4H7NO2.C4H6O2/c1-2-4(6)7-3-5;1-3(2)4(5)6/h2H,1,3,5H2;1H2,2H3,(H,5,6). The highest BCUT2D eigenvalue weighted by Gasteiger charge is 1.90. The van der Waals surface area contributed by atoms with Crippen LogP contribution in [0.2, 0.25) is 0 Å². The fraction of sp³-hybridized carbons (Fsp3) is 0.250. The van der Waals surface area contributed by atoms with Crippen LogP contribution in [0.25, 0.3) is 0 Å². The fourth-order valence-electron chi connectivity index (χ4n) is 0.141. The molecule has 0 heterocycles. The molecule has 0 radical (unpaired) electrons. The lowest BCUT2D eigenvalue weighted by Crippen LogP contribution is -2.08. The van der Waals surface area contributed by atoms with Gasteiger partial charge in [0.15, 0.2) is 0 Å². The third-order valence-corrected chi connectivity index (χ3v) is 0.757. The summed E-state index contributed by atoms with van der Waals surface area (Å²) in [6.07, 6.45) is 1.06. The second kappa shape index (κ2) is 8.48. The van der Waals surface area contributed by atoms with Crippen molar-refractivity contribution >= 4 is 11.9 Å². The van der Waals surface area contributed by atoms with E-state index in [9.17, 15) is 9.59 Å². The molecule has 0 fully saturated rings. The van der Waals surface area contributed by atoms with E-state index in [0.717, 1.165) is 6.08 Å². The van der Waals surface area contributed by atoms with Gasteiger partial charge in [-0.15, -0.1) is 0 Å². The molecule has 0 amide bonds. The number of ether oxygens (including phenoxy) is 1. The lowest BCUT2D eigenvalue weighted by Gasteiger charge is -1.90. The number of nitrogens with two attached hydrogens (primary N) is 1. The molecule has 5 heteroatoms. The monoisotopic (exact) mass is 187 g/mol. The van der Waals surface area contributed by atoms with Gasteiger partial charge in [0.25, 0.3) is 0 Å². The summed E-state index contributed by atoms with van der Waals surface area (Å²) in [6.45, 7) is 7.67. The molecule has 0 unspecified atom stereocenters. The Hall–Kier alpha value is -1.62. The number of carbonyl (C=O) groups excluding carboxylic acids is 1. The SMILES string of the molecule is C=C(C)C(=O)O.C=CC(=O)OCN. The van der Waals surface area contributed by atoms with Gasteiger partial charge in [-0.05, 0) is 6.92 Å². The summed E-state index contributed by atoms with van der Waals surface area (Å²) in [5, 5.41) is 7.89. The summed E-state index contributed by atoms with van der Waals surface area (Å²) >= 11 is 0. The molecule has 5 nitrogen and oxygen atoms in total. The van der Waals surface area contributed by atoms with Gasteiger partial charge in [0, 0.05) is 11.6 Å². The van der Waals surface area contributed by atoms with Gasteiger partial charge in [-0.3, -0.25) is 5.73 Å². The number of aliphatic carboxylic acids is 1. The first kappa shape index (κ1) is 13.9. The van der Waals surface area contributed by atoms with E-state index >= 15 is 0 Å². The number of hydrogen-bond acceptors (Lipinski definition) is 4. The van der Waals surface area contributed by atoms with Crippen molar-refractivity contribution in [1.82, 2.24) is 0 Å². The first-order valence-electron chi connectivity index (χ1n) is 3.33. The fourth-order valence-corrected chi connectivity index (χ4v) is 0.141. The van der Waals surface area contributed by atoms with Gasteiger partial charge in [0.1, 0.15) is 6.73 Å². The zero-order valence-corrected chi connectivity index (χ0v) is 7.45. The number of rotatable bonds is 3. The average molecular weight is 187 g/mol. The lowest BCUT2D eigenvalue weighted by atomic mass is 10.4. The maximum atomic E-state index is 9.99. The number of carboxylic acid groups (broad SMARTS) is 1. The molecule has 3 N–H and O–H groups in total. The predicted molar refractivity (Wildman–Crippen MR) is 47.8 cm³/mol.